The van der Waals surface area contributed by atoms with Gasteiger partial charge in [0.05, 0.1) is 5.75 Å². The summed E-state index contributed by atoms with van der Waals surface area (Å²) < 4.78 is 3.38. The number of H-pyrrole nitrogens is 1. The summed E-state index contributed by atoms with van der Waals surface area (Å²) in [4.78, 5) is 4.19. The van der Waals surface area contributed by atoms with Crippen molar-refractivity contribution in [1.82, 2.24) is 45.0 Å². The second-order valence-electron chi connectivity index (χ2n) is 3.36. The van der Waals surface area contributed by atoms with Gasteiger partial charge in [0, 0.05) is 7.05 Å². The Balaban J connectivity index is 1.73. The summed E-state index contributed by atoms with van der Waals surface area (Å²) in [6.07, 6.45) is 1.97. The standard InChI is InChI=1S/C7H9N9S2/c1-15-4(9-11-7(15)17-2)3-18-6-8-5-10-13-14-16(5)12-6/h3H2,1-2H3,(H,8,10,12,14). The van der Waals surface area contributed by atoms with Gasteiger partial charge in [-0.05, 0) is 11.5 Å². The first-order valence-electron chi connectivity index (χ1n) is 4.97. The number of thioether (sulfide) groups is 2. The minimum Gasteiger partial charge on any atom is -0.308 e. The molecule has 0 aliphatic rings. The third-order valence-electron chi connectivity index (χ3n) is 2.29. The quantitative estimate of drug-likeness (QED) is 0.667. The Hall–Kier alpha value is -1.62. The SMILES string of the molecule is CSc1nnc(CSc2nc3nn[nH]n3n2)n1C. The average Bonchev–Trinajstić information content (AvgIpc) is 3.00. The summed E-state index contributed by atoms with van der Waals surface area (Å²) in [5.74, 6) is 2.00. The van der Waals surface area contributed by atoms with Crippen molar-refractivity contribution in [3.8, 4) is 0 Å². The van der Waals surface area contributed by atoms with Crippen LogP contribution >= 0.6 is 23.5 Å². The van der Waals surface area contributed by atoms with Crippen LogP contribution in [0.2, 0.25) is 0 Å². The Kier molecular flexibility index (Phi) is 2.91. The molecule has 3 aromatic heterocycles. The molecular formula is C7H9N9S2. The van der Waals surface area contributed by atoms with Crippen molar-refractivity contribution in [3.05, 3.63) is 5.82 Å². The zero-order valence-electron chi connectivity index (χ0n) is 9.60. The average molecular weight is 283 g/mol. The van der Waals surface area contributed by atoms with E-state index in [2.05, 4.69) is 35.8 Å². The van der Waals surface area contributed by atoms with Gasteiger partial charge in [-0.15, -0.1) is 19.9 Å². The van der Waals surface area contributed by atoms with Gasteiger partial charge in [0.1, 0.15) is 5.82 Å². The number of fused-ring (bicyclic) bond motifs is 1. The van der Waals surface area contributed by atoms with E-state index in [4.69, 9.17) is 0 Å². The van der Waals surface area contributed by atoms with E-state index >= 15 is 0 Å². The molecule has 3 aromatic rings. The lowest BCUT2D eigenvalue weighted by molar-refractivity contribution is 0.714. The zero-order valence-corrected chi connectivity index (χ0v) is 11.2. The van der Waals surface area contributed by atoms with Crippen LogP contribution < -0.4 is 0 Å². The molecule has 3 heterocycles. The number of aromatic nitrogens is 9. The first-order valence-corrected chi connectivity index (χ1v) is 7.18. The lowest BCUT2D eigenvalue weighted by atomic mass is 10.7. The minimum absolute atomic E-state index is 0.459. The van der Waals surface area contributed by atoms with Crippen LogP contribution in [0.3, 0.4) is 0 Å². The molecule has 18 heavy (non-hydrogen) atoms. The maximum absolute atomic E-state index is 4.19. The molecule has 0 amide bonds. The second-order valence-corrected chi connectivity index (χ2v) is 5.07. The topological polar surface area (TPSA) is 102 Å². The van der Waals surface area contributed by atoms with Crippen molar-refractivity contribution >= 4 is 29.3 Å². The van der Waals surface area contributed by atoms with Crippen LogP contribution in [-0.2, 0) is 12.8 Å². The van der Waals surface area contributed by atoms with Gasteiger partial charge >= 0.3 is 0 Å². The van der Waals surface area contributed by atoms with Crippen LogP contribution in [0.25, 0.3) is 5.78 Å². The third-order valence-corrected chi connectivity index (χ3v) is 3.84. The van der Waals surface area contributed by atoms with Gasteiger partial charge in [0.15, 0.2) is 5.16 Å². The van der Waals surface area contributed by atoms with Crippen molar-refractivity contribution in [2.75, 3.05) is 6.26 Å². The Bertz CT molecular complexity index is 639. The summed E-state index contributed by atoms with van der Waals surface area (Å²) in [5.41, 5.74) is 0. The lowest BCUT2D eigenvalue weighted by Crippen LogP contribution is -1.97. The molecule has 3 rings (SSSR count). The lowest BCUT2D eigenvalue weighted by Gasteiger charge is -1.99. The smallest absolute Gasteiger partial charge is 0.291 e. The summed E-state index contributed by atoms with van der Waals surface area (Å²) in [6.45, 7) is 0. The van der Waals surface area contributed by atoms with Gasteiger partial charge in [-0.25, -0.2) is 0 Å². The van der Waals surface area contributed by atoms with Crippen LogP contribution in [-0.4, -0.2) is 51.3 Å². The fraction of sp³-hybridized carbons (Fsp3) is 0.429. The highest BCUT2D eigenvalue weighted by atomic mass is 32.2. The molecule has 11 heteroatoms. The van der Waals surface area contributed by atoms with Crippen molar-refractivity contribution < 1.29 is 0 Å². The molecule has 0 unspecified atom stereocenters. The molecule has 0 saturated heterocycles. The van der Waals surface area contributed by atoms with Gasteiger partial charge in [0.2, 0.25) is 5.16 Å². The van der Waals surface area contributed by atoms with E-state index < -0.39 is 0 Å². The number of hydrogen-bond donors (Lipinski definition) is 1. The predicted molar refractivity (Wildman–Crippen MR) is 65.3 cm³/mol. The molecule has 0 aromatic carbocycles. The number of nitrogens with one attached hydrogen (secondary N) is 1. The molecule has 1 N–H and O–H groups in total. The monoisotopic (exact) mass is 283 g/mol. The van der Waals surface area contributed by atoms with Crippen LogP contribution in [0, 0.1) is 0 Å². The van der Waals surface area contributed by atoms with Crippen molar-refractivity contribution in [2.24, 2.45) is 7.05 Å². The fourth-order valence-corrected chi connectivity index (χ4v) is 2.66. The van der Waals surface area contributed by atoms with Crippen LogP contribution in [0.5, 0.6) is 0 Å². The fourth-order valence-electron chi connectivity index (χ4n) is 1.37. The van der Waals surface area contributed by atoms with E-state index in [0.29, 0.717) is 16.7 Å². The highest BCUT2D eigenvalue weighted by Gasteiger charge is 2.11. The molecule has 0 saturated carbocycles. The van der Waals surface area contributed by atoms with E-state index in [0.717, 1.165) is 11.0 Å². The minimum atomic E-state index is 0.459. The van der Waals surface area contributed by atoms with E-state index in [1.807, 2.05) is 17.9 Å². The first kappa shape index (κ1) is 11.5. The number of nitrogens with zero attached hydrogens (tertiary/aromatic N) is 8. The van der Waals surface area contributed by atoms with Gasteiger partial charge in [0.25, 0.3) is 5.78 Å². The van der Waals surface area contributed by atoms with E-state index in [1.54, 1.807) is 11.8 Å². The summed E-state index contributed by atoms with van der Waals surface area (Å²) >= 11 is 3.04. The van der Waals surface area contributed by atoms with Crippen molar-refractivity contribution in [2.45, 2.75) is 16.1 Å². The molecule has 94 valence electrons. The molecule has 0 aliphatic carbocycles. The van der Waals surface area contributed by atoms with Crippen molar-refractivity contribution in [3.63, 3.8) is 0 Å². The number of rotatable bonds is 4. The van der Waals surface area contributed by atoms with E-state index in [9.17, 15) is 0 Å². The van der Waals surface area contributed by atoms with E-state index in [1.165, 1.54) is 16.4 Å². The molecule has 0 radical (unpaired) electrons. The highest BCUT2D eigenvalue weighted by molar-refractivity contribution is 7.98. The first-order chi connectivity index (χ1) is 8.78. The van der Waals surface area contributed by atoms with E-state index in [-0.39, 0.29) is 0 Å². The molecule has 0 aliphatic heterocycles. The number of tetrazole rings is 1. The number of hydrogen-bond acceptors (Lipinski definition) is 8. The zero-order chi connectivity index (χ0) is 12.5. The number of aromatic amines is 1. The van der Waals surface area contributed by atoms with Crippen LogP contribution in [0.1, 0.15) is 5.82 Å². The molecule has 0 spiro atoms. The largest absolute Gasteiger partial charge is 0.308 e. The highest BCUT2D eigenvalue weighted by Crippen LogP contribution is 2.20. The Morgan fingerprint density at radius 3 is 2.89 bits per heavy atom. The molecule has 9 nitrogen and oxygen atoms in total. The maximum Gasteiger partial charge on any atom is 0.291 e. The molecular weight excluding hydrogens is 274 g/mol. The van der Waals surface area contributed by atoms with Crippen molar-refractivity contribution in [1.29, 1.82) is 0 Å². The van der Waals surface area contributed by atoms with Crippen LogP contribution in [0.15, 0.2) is 10.3 Å². The van der Waals surface area contributed by atoms with Gasteiger partial charge in [-0.1, -0.05) is 28.6 Å². The molecule has 0 fully saturated rings. The Morgan fingerprint density at radius 1 is 1.28 bits per heavy atom. The summed E-state index contributed by atoms with van der Waals surface area (Å²) in [5, 5.41) is 23.8. The van der Waals surface area contributed by atoms with Crippen LogP contribution in [0.4, 0.5) is 0 Å². The maximum atomic E-state index is 4.19. The molecule has 0 atom stereocenters. The molecule has 0 bridgehead atoms. The summed E-state index contributed by atoms with van der Waals surface area (Å²) in [6, 6.07) is 0. The summed E-state index contributed by atoms with van der Waals surface area (Å²) in [7, 11) is 1.94. The second kappa shape index (κ2) is 4.57. The Labute approximate surface area is 110 Å². The van der Waals surface area contributed by atoms with Gasteiger partial charge in [-0.3, -0.25) is 0 Å². The Morgan fingerprint density at radius 2 is 2.17 bits per heavy atom. The normalized spacial score (nSPS) is 11.4. The van der Waals surface area contributed by atoms with Gasteiger partial charge in [-0.2, -0.15) is 10.2 Å². The predicted octanol–water partition coefficient (Wildman–Crippen LogP) is -0.00990. The van der Waals surface area contributed by atoms with Gasteiger partial charge < -0.3 is 4.57 Å². The third kappa shape index (κ3) is 1.95.